The maximum absolute atomic E-state index is 11.9. The highest BCUT2D eigenvalue weighted by Gasteiger charge is 2.30. The highest BCUT2D eigenvalue weighted by molar-refractivity contribution is 14.1. The fourth-order valence-corrected chi connectivity index (χ4v) is 2.19. The van der Waals surface area contributed by atoms with Gasteiger partial charge in [-0.2, -0.15) is 0 Å². The molecule has 0 aliphatic carbocycles. The number of aliphatic hydroxyl groups excluding tert-OH is 1. The minimum atomic E-state index is -0.370. The maximum Gasteiger partial charge on any atom is 0.255 e. The fraction of sp³-hybridized carbons (Fsp3) is 0.300. The van der Waals surface area contributed by atoms with Crippen LogP contribution < -0.4 is 0 Å². The summed E-state index contributed by atoms with van der Waals surface area (Å²) in [4.78, 5) is 13.5. The van der Waals surface area contributed by atoms with E-state index in [0.717, 1.165) is 3.57 Å². The molecule has 5 heteroatoms. The van der Waals surface area contributed by atoms with Gasteiger partial charge in [0.15, 0.2) is 0 Å². The van der Waals surface area contributed by atoms with Crippen molar-refractivity contribution in [2.45, 2.75) is 6.10 Å². The second-order valence-corrected chi connectivity index (χ2v) is 5.09. The predicted octanol–water partition coefficient (Wildman–Crippen LogP) is 1.76. The van der Waals surface area contributed by atoms with E-state index >= 15 is 0 Å². The second kappa shape index (κ2) is 4.27. The van der Waals surface area contributed by atoms with Crippen LogP contribution in [0.4, 0.5) is 0 Å². The van der Waals surface area contributed by atoms with Gasteiger partial charge in [0.1, 0.15) is 0 Å². The summed E-state index contributed by atoms with van der Waals surface area (Å²) in [5, 5.41) is 9.67. The molecule has 3 nitrogen and oxygen atoms in total. The van der Waals surface area contributed by atoms with Gasteiger partial charge < -0.3 is 10.0 Å². The van der Waals surface area contributed by atoms with Crippen LogP contribution in [-0.2, 0) is 0 Å². The Morgan fingerprint density at radius 1 is 1.53 bits per heavy atom. The van der Waals surface area contributed by atoms with Crippen LogP contribution in [0.3, 0.4) is 0 Å². The van der Waals surface area contributed by atoms with Gasteiger partial charge in [-0.1, -0.05) is 11.6 Å². The van der Waals surface area contributed by atoms with E-state index in [1.165, 1.54) is 0 Å². The Hall–Kier alpha value is -0.330. The van der Waals surface area contributed by atoms with Crippen molar-refractivity contribution in [1.29, 1.82) is 0 Å². The first-order valence-corrected chi connectivity index (χ1v) is 5.96. The average molecular weight is 338 g/mol. The Morgan fingerprint density at radius 2 is 2.20 bits per heavy atom. The Morgan fingerprint density at radius 3 is 2.80 bits per heavy atom. The molecule has 0 spiro atoms. The number of likely N-dealkylation sites (tertiary alicyclic amines) is 1. The van der Waals surface area contributed by atoms with Gasteiger partial charge in [0.05, 0.1) is 11.7 Å². The average Bonchev–Trinajstić information content (AvgIpc) is 2.16. The van der Waals surface area contributed by atoms with E-state index in [1.807, 2.05) is 6.07 Å². The number of halogens is 2. The summed E-state index contributed by atoms with van der Waals surface area (Å²) >= 11 is 7.93. The lowest BCUT2D eigenvalue weighted by atomic mass is 10.1. The SMILES string of the molecule is O=C(c1cc(Cl)ccc1I)N1CC(O)C1. The van der Waals surface area contributed by atoms with Gasteiger partial charge in [-0.3, -0.25) is 4.79 Å². The van der Waals surface area contributed by atoms with Gasteiger partial charge in [-0.25, -0.2) is 0 Å². The Labute approximate surface area is 106 Å². The third-order valence-corrected chi connectivity index (χ3v) is 3.48. The first-order valence-electron chi connectivity index (χ1n) is 4.50. The predicted molar refractivity (Wildman–Crippen MR) is 66.1 cm³/mol. The Balaban J connectivity index is 2.22. The number of hydrogen-bond donors (Lipinski definition) is 1. The number of hydrogen-bond acceptors (Lipinski definition) is 2. The Kier molecular flexibility index (Phi) is 3.18. The van der Waals surface area contributed by atoms with Crippen LogP contribution in [0.1, 0.15) is 10.4 Å². The molecule has 1 fully saturated rings. The molecule has 1 N–H and O–H groups in total. The highest BCUT2D eigenvalue weighted by Crippen LogP contribution is 2.21. The van der Waals surface area contributed by atoms with Crippen molar-refractivity contribution in [2.24, 2.45) is 0 Å². The van der Waals surface area contributed by atoms with E-state index in [9.17, 15) is 4.79 Å². The highest BCUT2D eigenvalue weighted by atomic mass is 127. The molecule has 1 aromatic carbocycles. The van der Waals surface area contributed by atoms with Crippen LogP contribution in [0.25, 0.3) is 0 Å². The molecule has 1 saturated heterocycles. The molecule has 1 aromatic rings. The van der Waals surface area contributed by atoms with Crippen molar-refractivity contribution in [3.63, 3.8) is 0 Å². The maximum atomic E-state index is 11.9. The van der Waals surface area contributed by atoms with Gasteiger partial charge in [0.2, 0.25) is 0 Å². The quantitative estimate of drug-likeness (QED) is 0.794. The molecule has 15 heavy (non-hydrogen) atoms. The summed E-state index contributed by atoms with van der Waals surface area (Å²) in [7, 11) is 0. The van der Waals surface area contributed by atoms with Crippen molar-refractivity contribution >= 4 is 40.1 Å². The molecule has 0 aromatic heterocycles. The van der Waals surface area contributed by atoms with Crippen LogP contribution in [0.15, 0.2) is 18.2 Å². The summed E-state index contributed by atoms with van der Waals surface area (Å²) in [6.45, 7) is 0.836. The zero-order valence-electron chi connectivity index (χ0n) is 7.78. The molecule has 0 unspecified atom stereocenters. The molecular weight excluding hydrogens is 328 g/mol. The van der Waals surface area contributed by atoms with Gasteiger partial charge in [-0.15, -0.1) is 0 Å². The molecule has 80 valence electrons. The topological polar surface area (TPSA) is 40.5 Å². The zero-order chi connectivity index (χ0) is 11.0. The second-order valence-electron chi connectivity index (χ2n) is 3.49. The molecule has 1 aliphatic rings. The molecule has 2 rings (SSSR count). The van der Waals surface area contributed by atoms with E-state index in [2.05, 4.69) is 22.6 Å². The monoisotopic (exact) mass is 337 g/mol. The summed E-state index contributed by atoms with van der Waals surface area (Å²) in [5.41, 5.74) is 0.606. The zero-order valence-corrected chi connectivity index (χ0v) is 10.7. The lowest BCUT2D eigenvalue weighted by Gasteiger charge is -2.36. The summed E-state index contributed by atoms with van der Waals surface area (Å²) in [6.07, 6.45) is -0.370. The minimum absolute atomic E-state index is 0.0628. The van der Waals surface area contributed by atoms with Gasteiger partial charge in [0, 0.05) is 21.7 Å². The molecule has 0 bridgehead atoms. The minimum Gasteiger partial charge on any atom is -0.389 e. The summed E-state index contributed by atoms with van der Waals surface area (Å²) < 4.78 is 0.878. The smallest absolute Gasteiger partial charge is 0.255 e. The van der Waals surface area contributed by atoms with Crippen LogP contribution in [0, 0.1) is 3.57 Å². The third kappa shape index (κ3) is 2.26. The molecule has 0 saturated carbocycles. The number of rotatable bonds is 1. The van der Waals surface area contributed by atoms with Gasteiger partial charge >= 0.3 is 0 Å². The van der Waals surface area contributed by atoms with E-state index < -0.39 is 0 Å². The first kappa shape index (κ1) is 11.2. The number of benzene rings is 1. The third-order valence-electron chi connectivity index (χ3n) is 2.31. The van der Waals surface area contributed by atoms with E-state index in [4.69, 9.17) is 16.7 Å². The van der Waals surface area contributed by atoms with E-state index in [-0.39, 0.29) is 12.0 Å². The molecule has 0 radical (unpaired) electrons. The van der Waals surface area contributed by atoms with Crippen LogP contribution in [0.2, 0.25) is 5.02 Å². The summed E-state index contributed by atoms with van der Waals surface area (Å²) in [6, 6.07) is 5.23. The number of β-amino-alcohol motifs (C(OH)–C–C–N with tert-alkyl or cyclic N) is 1. The number of aliphatic hydroxyl groups is 1. The molecule has 0 atom stereocenters. The lowest BCUT2D eigenvalue weighted by molar-refractivity contribution is 0.00582. The fourth-order valence-electron chi connectivity index (χ4n) is 1.45. The largest absolute Gasteiger partial charge is 0.389 e. The standard InChI is InChI=1S/C10H9ClINO2/c11-6-1-2-9(12)8(3-6)10(15)13-4-7(14)5-13/h1-3,7,14H,4-5H2. The first-order chi connectivity index (χ1) is 7.08. The molecule has 1 heterocycles. The number of carbonyl (C=O) groups is 1. The van der Waals surface area contributed by atoms with Crippen LogP contribution >= 0.6 is 34.2 Å². The van der Waals surface area contributed by atoms with Crippen molar-refractivity contribution in [2.75, 3.05) is 13.1 Å². The van der Waals surface area contributed by atoms with Crippen LogP contribution in [0.5, 0.6) is 0 Å². The molecular formula is C10H9ClINO2. The number of amides is 1. The van der Waals surface area contributed by atoms with Crippen LogP contribution in [-0.4, -0.2) is 35.1 Å². The van der Waals surface area contributed by atoms with Crippen molar-refractivity contribution in [3.8, 4) is 0 Å². The van der Waals surface area contributed by atoms with Crippen molar-refractivity contribution < 1.29 is 9.90 Å². The molecule has 1 amide bonds. The van der Waals surface area contributed by atoms with Crippen molar-refractivity contribution in [3.05, 3.63) is 32.4 Å². The normalized spacial score (nSPS) is 16.3. The number of nitrogens with zero attached hydrogens (tertiary/aromatic N) is 1. The lowest BCUT2D eigenvalue weighted by Crippen LogP contribution is -2.53. The van der Waals surface area contributed by atoms with Crippen molar-refractivity contribution in [1.82, 2.24) is 4.90 Å². The van der Waals surface area contributed by atoms with Gasteiger partial charge in [0.25, 0.3) is 5.91 Å². The van der Waals surface area contributed by atoms with E-state index in [0.29, 0.717) is 23.7 Å². The van der Waals surface area contributed by atoms with E-state index in [1.54, 1.807) is 17.0 Å². The van der Waals surface area contributed by atoms with Gasteiger partial charge in [-0.05, 0) is 40.8 Å². The summed E-state index contributed by atoms with van der Waals surface area (Å²) in [5.74, 6) is -0.0628. The molecule has 1 aliphatic heterocycles. The Bertz CT molecular complexity index is 404. The number of carbonyl (C=O) groups excluding carboxylic acids is 1.